The third kappa shape index (κ3) is 3.68. The summed E-state index contributed by atoms with van der Waals surface area (Å²) in [6.07, 6.45) is 0. The van der Waals surface area contributed by atoms with Gasteiger partial charge in [-0.05, 0) is 17.4 Å². The first-order valence-corrected chi connectivity index (χ1v) is 6.20. The van der Waals surface area contributed by atoms with Gasteiger partial charge >= 0.3 is 0 Å². The van der Waals surface area contributed by atoms with Gasteiger partial charge < -0.3 is 5.32 Å². The maximum Gasteiger partial charge on any atom is 0.270 e. The standard InChI is InChI=1S/C14H19N3O2/c1-10(2)14(3,4)9-16-13-6-5-12(17(18)19)7-11(13)8-15/h5-7,10,16H,9H2,1-4H3. The highest BCUT2D eigenvalue weighted by Gasteiger charge is 2.22. The Kier molecular flexibility index (Phi) is 4.49. The van der Waals surface area contributed by atoms with Crippen LogP contribution in [0.5, 0.6) is 0 Å². The summed E-state index contributed by atoms with van der Waals surface area (Å²) in [6, 6.07) is 6.28. The lowest BCUT2D eigenvalue weighted by Gasteiger charge is -2.30. The molecule has 0 heterocycles. The molecule has 0 bridgehead atoms. The minimum atomic E-state index is -0.497. The minimum absolute atomic E-state index is 0.0646. The van der Waals surface area contributed by atoms with E-state index in [-0.39, 0.29) is 11.1 Å². The van der Waals surface area contributed by atoms with Crippen molar-refractivity contribution in [3.63, 3.8) is 0 Å². The topological polar surface area (TPSA) is 79.0 Å². The molecule has 0 aliphatic carbocycles. The zero-order valence-electron chi connectivity index (χ0n) is 11.7. The number of hydrogen-bond acceptors (Lipinski definition) is 4. The Labute approximate surface area is 113 Å². The average Bonchev–Trinajstić information content (AvgIpc) is 2.35. The molecule has 0 amide bonds. The van der Waals surface area contributed by atoms with E-state index in [1.54, 1.807) is 6.07 Å². The zero-order valence-corrected chi connectivity index (χ0v) is 11.7. The lowest BCUT2D eigenvalue weighted by Crippen LogP contribution is -2.28. The number of anilines is 1. The van der Waals surface area contributed by atoms with Crippen LogP contribution in [0.2, 0.25) is 0 Å². The van der Waals surface area contributed by atoms with Crippen LogP contribution in [-0.4, -0.2) is 11.5 Å². The van der Waals surface area contributed by atoms with E-state index in [1.807, 2.05) is 6.07 Å². The summed E-state index contributed by atoms with van der Waals surface area (Å²) in [5, 5.41) is 22.9. The Morgan fingerprint density at radius 2 is 2.11 bits per heavy atom. The number of nitro groups is 1. The number of benzene rings is 1. The first kappa shape index (κ1) is 15.0. The molecule has 19 heavy (non-hydrogen) atoms. The van der Waals surface area contributed by atoms with Gasteiger partial charge in [-0.1, -0.05) is 27.7 Å². The SMILES string of the molecule is CC(C)C(C)(C)CNc1ccc([N+](=O)[O-])cc1C#N. The Balaban J connectivity index is 2.91. The molecule has 0 saturated heterocycles. The number of nitro benzene ring substituents is 1. The predicted octanol–water partition coefficient (Wildman–Crippen LogP) is 3.56. The van der Waals surface area contributed by atoms with Crippen molar-refractivity contribution in [1.29, 1.82) is 5.26 Å². The van der Waals surface area contributed by atoms with Crippen LogP contribution in [0.1, 0.15) is 33.3 Å². The summed E-state index contributed by atoms with van der Waals surface area (Å²) in [6.45, 7) is 9.27. The van der Waals surface area contributed by atoms with Gasteiger partial charge in [0, 0.05) is 18.7 Å². The molecule has 0 aliphatic rings. The van der Waals surface area contributed by atoms with E-state index < -0.39 is 4.92 Å². The highest BCUT2D eigenvalue weighted by molar-refractivity contribution is 5.61. The largest absolute Gasteiger partial charge is 0.383 e. The molecular formula is C14H19N3O2. The van der Waals surface area contributed by atoms with Crippen molar-refractivity contribution < 1.29 is 4.92 Å². The summed E-state index contributed by atoms with van der Waals surface area (Å²) >= 11 is 0. The van der Waals surface area contributed by atoms with Crippen molar-refractivity contribution in [2.45, 2.75) is 27.7 Å². The van der Waals surface area contributed by atoms with E-state index in [0.29, 0.717) is 23.7 Å². The van der Waals surface area contributed by atoms with Gasteiger partial charge in [0.1, 0.15) is 6.07 Å². The van der Waals surface area contributed by atoms with E-state index in [4.69, 9.17) is 5.26 Å². The first-order valence-electron chi connectivity index (χ1n) is 6.20. The number of rotatable bonds is 5. The number of nitrogens with one attached hydrogen (secondary N) is 1. The summed E-state index contributed by atoms with van der Waals surface area (Å²) in [4.78, 5) is 10.2. The molecule has 0 radical (unpaired) electrons. The molecule has 0 saturated carbocycles. The molecule has 0 aliphatic heterocycles. The molecule has 0 aromatic heterocycles. The highest BCUT2D eigenvalue weighted by atomic mass is 16.6. The van der Waals surface area contributed by atoms with Gasteiger partial charge in [0.15, 0.2) is 0 Å². The summed E-state index contributed by atoms with van der Waals surface area (Å²) < 4.78 is 0. The maximum atomic E-state index is 10.7. The molecule has 0 unspecified atom stereocenters. The van der Waals surface area contributed by atoms with Gasteiger partial charge in [0.25, 0.3) is 5.69 Å². The molecule has 5 heteroatoms. The Bertz CT molecular complexity index is 516. The second-order valence-electron chi connectivity index (χ2n) is 5.60. The van der Waals surface area contributed by atoms with E-state index in [1.165, 1.54) is 12.1 Å². The van der Waals surface area contributed by atoms with E-state index in [0.717, 1.165) is 0 Å². The quantitative estimate of drug-likeness (QED) is 0.649. The van der Waals surface area contributed by atoms with E-state index in [9.17, 15) is 10.1 Å². The Morgan fingerprint density at radius 3 is 2.58 bits per heavy atom. The van der Waals surface area contributed by atoms with Crippen molar-refractivity contribution in [1.82, 2.24) is 0 Å². The molecule has 0 fully saturated rings. The third-order valence-corrected chi connectivity index (χ3v) is 3.63. The molecule has 0 spiro atoms. The number of nitrogens with zero attached hydrogens (tertiary/aromatic N) is 2. The van der Waals surface area contributed by atoms with Gasteiger partial charge in [-0.3, -0.25) is 10.1 Å². The van der Waals surface area contributed by atoms with Crippen molar-refractivity contribution in [3.8, 4) is 6.07 Å². The van der Waals surface area contributed by atoms with Gasteiger partial charge in [-0.25, -0.2) is 0 Å². The number of nitriles is 1. The average molecular weight is 261 g/mol. The molecule has 0 atom stereocenters. The van der Waals surface area contributed by atoms with Crippen LogP contribution in [0.15, 0.2) is 18.2 Å². The smallest absolute Gasteiger partial charge is 0.270 e. The fourth-order valence-electron chi connectivity index (χ4n) is 1.42. The molecule has 1 N–H and O–H groups in total. The molecule has 1 aromatic carbocycles. The molecule has 1 aromatic rings. The second kappa shape index (κ2) is 5.70. The molecular weight excluding hydrogens is 242 g/mol. The van der Waals surface area contributed by atoms with Crippen LogP contribution in [0.4, 0.5) is 11.4 Å². The number of hydrogen-bond donors (Lipinski definition) is 1. The Morgan fingerprint density at radius 1 is 1.47 bits per heavy atom. The van der Waals surface area contributed by atoms with Gasteiger partial charge in [0.2, 0.25) is 0 Å². The van der Waals surface area contributed by atoms with Gasteiger partial charge in [0.05, 0.1) is 16.2 Å². The van der Waals surface area contributed by atoms with Crippen LogP contribution in [0.3, 0.4) is 0 Å². The Hall–Kier alpha value is -2.09. The van der Waals surface area contributed by atoms with E-state index >= 15 is 0 Å². The summed E-state index contributed by atoms with van der Waals surface area (Å²) in [5.74, 6) is 0.489. The number of non-ortho nitro benzene ring substituents is 1. The van der Waals surface area contributed by atoms with Crippen LogP contribution >= 0.6 is 0 Å². The lowest BCUT2D eigenvalue weighted by atomic mass is 9.81. The van der Waals surface area contributed by atoms with Gasteiger partial charge in [-0.15, -0.1) is 0 Å². The van der Waals surface area contributed by atoms with Crippen LogP contribution in [-0.2, 0) is 0 Å². The normalized spacial score (nSPS) is 11.2. The predicted molar refractivity (Wildman–Crippen MR) is 74.9 cm³/mol. The second-order valence-corrected chi connectivity index (χ2v) is 5.60. The maximum absolute atomic E-state index is 10.7. The van der Waals surface area contributed by atoms with Gasteiger partial charge in [-0.2, -0.15) is 5.26 Å². The van der Waals surface area contributed by atoms with Crippen molar-refractivity contribution in [2.24, 2.45) is 11.3 Å². The molecule has 102 valence electrons. The first-order chi connectivity index (χ1) is 8.77. The van der Waals surface area contributed by atoms with Crippen LogP contribution in [0, 0.1) is 32.8 Å². The van der Waals surface area contributed by atoms with Crippen molar-refractivity contribution in [2.75, 3.05) is 11.9 Å². The van der Waals surface area contributed by atoms with Crippen molar-refractivity contribution in [3.05, 3.63) is 33.9 Å². The van der Waals surface area contributed by atoms with Crippen LogP contribution < -0.4 is 5.32 Å². The van der Waals surface area contributed by atoms with Crippen molar-refractivity contribution >= 4 is 11.4 Å². The minimum Gasteiger partial charge on any atom is -0.383 e. The lowest BCUT2D eigenvalue weighted by molar-refractivity contribution is -0.384. The fourth-order valence-corrected chi connectivity index (χ4v) is 1.42. The highest BCUT2D eigenvalue weighted by Crippen LogP contribution is 2.28. The molecule has 5 nitrogen and oxygen atoms in total. The monoisotopic (exact) mass is 261 g/mol. The van der Waals surface area contributed by atoms with Crippen LogP contribution in [0.25, 0.3) is 0 Å². The summed E-state index contributed by atoms with van der Waals surface area (Å²) in [5.41, 5.74) is 0.954. The van der Waals surface area contributed by atoms with E-state index in [2.05, 4.69) is 33.0 Å². The molecule has 1 rings (SSSR count). The third-order valence-electron chi connectivity index (χ3n) is 3.63. The summed E-state index contributed by atoms with van der Waals surface area (Å²) in [7, 11) is 0. The zero-order chi connectivity index (χ0) is 14.6. The fraction of sp³-hybridized carbons (Fsp3) is 0.500.